The molecule has 0 saturated heterocycles. The Bertz CT molecular complexity index is 795. The van der Waals surface area contributed by atoms with Crippen LogP contribution in [0, 0.1) is 5.82 Å². The second-order valence-corrected chi connectivity index (χ2v) is 6.28. The minimum atomic E-state index is -0.320. The van der Waals surface area contributed by atoms with Gasteiger partial charge in [0.05, 0.1) is 13.7 Å². The van der Waals surface area contributed by atoms with Crippen molar-refractivity contribution < 1.29 is 23.4 Å². The molecule has 0 amide bonds. The van der Waals surface area contributed by atoms with E-state index in [4.69, 9.17) is 14.2 Å². The fourth-order valence-corrected chi connectivity index (χ4v) is 2.92. The standard InChI is InChI=1S/C22H25FO4/c1-15(2)19-14-20(27-13-12-25-3)22(26-4)21(18(19)6-5-11-24)16-7-9-17(23)10-8-16/h5-11,14-15H,12-13H2,1-4H3/b6-5+. The Labute approximate surface area is 159 Å². The fraction of sp³-hybridized carbons (Fsp3) is 0.318. The van der Waals surface area contributed by atoms with Crippen LogP contribution in [0.3, 0.4) is 0 Å². The summed E-state index contributed by atoms with van der Waals surface area (Å²) in [5, 5.41) is 0. The molecule has 0 aliphatic rings. The van der Waals surface area contributed by atoms with Crippen molar-refractivity contribution in [2.45, 2.75) is 19.8 Å². The number of rotatable bonds is 9. The highest BCUT2D eigenvalue weighted by molar-refractivity contribution is 5.87. The van der Waals surface area contributed by atoms with Crippen LogP contribution in [-0.2, 0) is 9.53 Å². The van der Waals surface area contributed by atoms with Crippen LogP contribution in [0.1, 0.15) is 30.9 Å². The smallest absolute Gasteiger partial charge is 0.169 e. The molecule has 0 unspecified atom stereocenters. The molecule has 2 aromatic carbocycles. The highest BCUT2D eigenvalue weighted by Gasteiger charge is 2.21. The zero-order chi connectivity index (χ0) is 19.8. The molecule has 0 radical (unpaired) electrons. The second-order valence-electron chi connectivity index (χ2n) is 6.28. The molecule has 0 aromatic heterocycles. The fourth-order valence-electron chi connectivity index (χ4n) is 2.92. The minimum absolute atomic E-state index is 0.172. The van der Waals surface area contributed by atoms with Crippen LogP contribution in [-0.4, -0.2) is 33.7 Å². The van der Waals surface area contributed by atoms with Crippen molar-refractivity contribution in [3.63, 3.8) is 0 Å². The molecule has 2 rings (SSSR count). The molecule has 0 aliphatic carbocycles. The van der Waals surface area contributed by atoms with Crippen LogP contribution in [0.5, 0.6) is 11.5 Å². The first-order valence-corrected chi connectivity index (χ1v) is 8.77. The molecular formula is C22H25FO4. The molecule has 4 nitrogen and oxygen atoms in total. The topological polar surface area (TPSA) is 44.8 Å². The van der Waals surface area contributed by atoms with E-state index in [0.29, 0.717) is 24.7 Å². The van der Waals surface area contributed by atoms with Crippen LogP contribution in [0.25, 0.3) is 17.2 Å². The maximum Gasteiger partial charge on any atom is 0.169 e. The summed E-state index contributed by atoms with van der Waals surface area (Å²) in [5.74, 6) is 0.971. The number of aldehydes is 1. The van der Waals surface area contributed by atoms with E-state index in [2.05, 4.69) is 13.8 Å². The zero-order valence-electron chi connectivity index (χ0n) is 16.1. The third kappa shape index (κ3) is 4.95. The first kappa shape index (κ1) is 20.6. The molecule has 0 aliphatic heterocycles. The maximum absolute atomic E-state index is 13.5. The number of methoxy groups -OCH3 is 2. The van der Waals surface area contributed by atoms with Gasteiger partial charge in [-0.2, -0.15) is 0 Å². The number of hydrogen-bond acceptors (Lipinski definition) is 4. The summed E-state index contributed by atoms with van der Waals surface area (Å²) in [6, 6.07) is 8.10. The number of carbonyl (C=O) groups excluding carboxylic acids is 1. The lowest BCUT2D eigenvalue weighted by Gasteiger charge is -2.22. The van der Waals surface area contributed by atoms with E-state index in [1.54, 1.807) is 32.4 Å². The molecule has 5 heteroatoms. The van der Waals surface area contributed by atoms with E-state index in [1.165, 1.54) is 18.2 Å². The average Bonchev–Trinajstić information content (AvgIpc) is 2.66. The summed E-state index contributed by atoms with van der Waals surface area (Å²) >= 11 is 0. The quantitative estimate of drug-likeness (QED) is 0.358. The van der Waals surface area contributed by atoms with Gasteiger partial charge < -0.3 is 14.2 Å². The molecule has 0 atom stereocenters. The molecular weight excluding hydrogens is 347 g/mol. The Kier molecular flexibility index (Phi) is 7.55. The minimum Gasteiger partial charge on any atom is -0.492 e. The summed E-state index contributed by atoms with van der Waals surface area (Å²) in [4.78, 5) is 10.9. The van der Waals surface area contributed by atoms with Gasteiger partial charge in [-0.05, 0) is 46.9 Å². The predicted molar refractivity (Wildman–Crippen MR) is 105 cm³/mol. The number of ether oxygens (including phenoxy) is 3. The molecule has 0 bridgehead atoms. The molecule has 2 aromatic rings. The van der Waals surface area contributed by atoms with Crippen molar-refractivity contribution in [1.29, 1.82) is 0 Å². The third-order valence-electron chi connectivity index (χ3n) is 4.16. The molecule has 27 heavy (non-hydrogen) atoms. The molecule has 0 saturated carbocycles. The predicted octanol–water partition coefficient (Wildman–Crippen LogP) is 4.86. The Morgan fingerprint density at radius 3 is 2.37 bits per heavy atom. The number of allylic oxidation sites excluding steroid dienone is 1. The van der Waals surface area contributed by atoms with Crippen molar-refractivity contribution in [3.05, 3.63) is 53.4 Å². The summed E-state index contributed by atoms with van der Waals surface area (Å²) in [5.41, 5.74) is 3.38. The van der Waals surface area contributed by atoms with Gasteiger partial charge in [0, 0.05) is 12.7 Å². The summed E-state index contributed by atoms with van der Waals surface area (Å²) in [7, 11) is 3.17. The summed E-state index contributed by atoms with van der Waals surface area (Å²) in [6.07, 6.45) is 3.93. The Morgan fingerprint density at radius 2 is 1.81 bits per heavy atom. The lowest BCUT2D eigenvalue weighted by Crippen LogP contribution is -2.08. The first-order chi connectivity index (χ1) is 13.0. The van der Waals surface area contributed by atoms with Gasteiger partial charge in [0.25, 0.3) is 0 Å². The van der Waals surface area contributed by atoms with Crippen LogP contribution >= 0.6 is 0 Å². The van der Waals surface area contributed by atoms with Gasteiger partial charge in [-0.15, -0.1) is 0 Å². The van der Waals surface area contributed by atoms with E-state index in [9.17, 15) is 9.18 Å². The van der Waals surface area contributed by atoms with Crippen LogP contribution < -0.4 is 9.47 Å². The van der Waals surface area contributed by atoms with E-state index < -0.39 is 0 Å². The SMILES string of the molecule is COCCOc1cc(C(C)C)c(/C=C/C=O)c(-c2ccc(F)cc2)c1OC. The number of halogens is 1. The number of hydrogen-bond donors (Lipinski definition) is 0. The largest absolute Gasteiger partial charge is 0.492 e. The third-order valence-corrected chi connectivity index (χ3v) is 4.16. The van der Waals surface area contributed by atoms with Crippen LogP contribution in [0.4, 0.5) is 4.39 Å². The van der Waals surface area contributed by atoms with Crippen molar-refractivity contribution in [3.8, 4) is 22.6 Å². The summed E-state index contributed by atoms with van der Waals surface area (Å²) in [6.45, 7) is 4.94. The second kappa shape index (κ2) is 9.88. The van der Waals surface area contributed by atoms with E-state index in [-0.39, 0.29) is 11.7 Å². The molecule has 144 valence electrons. The Hall–Kier alpha value is -2.66. The van der Waals surface area contributed by atoms with Crippen molar-refractivity contribution >= 4 is 12.4 Å². The van der Waals surface area contributed by atoms with Gasteiger partial charge in [0.15, 0.2) is 11.5 Å². The number of carbonyl (C=O) groups is 1. The van der Waals surface area contributed by atoms with Gasteiger partial charge in [-0.25, -0.2) is 4.39 Å². The van der Waals surface area contributed by atoms with Gasteiger partial charge in [0.1, 0.15) is 18.7 Å². The normalized spacial score (nSPS) is 11.2. The van der Waals surface area contributed by atoms with Crippen LogP contribution in [0.2, 0.25) is 0 Å². The van der Waals surface area contributed by atoms with Crippen molar-refractivity contribution in [2.75, 3.05) is 27.4 Å². The maximum atomic E-state index is 13.5. The van der Waals surface area contributed by atoms with E-state index >= 15 is 0 Å². The molecule has 0 heterocycles. The molecule has 0 N–H and O–H groups in total. The van der Waals surface area contributed by atoms with Crippen LogP contribution in [0.15, 0.2) is 36.4 Å². The van der Waals surface area contributed by atoms with E-state index in [0.717, 1.165) is 28.5 Å². The van der Waals surface area contributed by atoms with Gasteiger partial charge in [-0.3, -0.25) is 4.79 Å². The summed E-state index contributed by atoms with van der Waals surface area (Å²) < 4.78 is 30.1. The lowest BCUT2D eigenvalue weighted by atomic mass is 9.88. The lowest BCUT2D eigenvalue weighted by molar-refractivity contribution is -0.104. The van der Waals surface area contributed by atoms with E-state index in [1.807, 2.05) is 6.07 Å². The first-order valence-electron chi connectivity index (χ1n) is 8.77. The van der Waals surface area contributed by atoms with Gasteiger partial charge in [0.2, 0.25) is 0 Å². The highest BCUT2D eigenvalue weighted by atomic mass is 19.1. The average molecular weight is 372 g/mol. The van der Waals surface area contributed by atoms with Crippen molar-refractivity contribution in [2.24, 2.45) is 0 Å². The Balaban J connectivity index is 2.77. The van der Waals surface area contributed by atoms with Gasteiger partial charge in [-0.1, -0.05) is 32.1 Å². The molecule has 0 spiro atoms. The van der Waals surface area contributed by atoms with Gasteiger partial charge >= 0.3 is 0 Å². The monoisotopic (exact) mass is 372 g/mol. The Morgan fingerprint density at radius 1 is 1.11 bits per heavy atom. The highest BCUT2D eigenvalue weighted by Crippen LogP contribution is 2.45. The molecule has 0 fully saturated rings. The van der Waals surface area contributed by atoms with Crippen molar-refractivity contribution in [1.82, 2.24) is 0 Å². The zero-order valence-corrected chi connectivity index (χ0v) is 16.1. The number of benzene rings is 2.